The van der Waals surface area contributed by atoms with E-state index in [1.54, 1.807) is 18.3 Å². The molecule has 0 saturated carbocycles. The first-order chi connectivity index (χ1) is 16.1. The van der Waals surface area contributed by atoms with Gasteiger partial charge in [0.1, 0.15) is 17.2 Å². The molecule has 1 fully saturated rings. The van der Waals surface area contributed by atoms with Gasteiger partial charge >= 0.3 is 0 Å². The summed E-state index contributed by atoms with van der Waals surface area (Å²) in [5, 5.41) is 5.87. The topological polar surface area (TPSA) is 87.5 Å². The summed E-state index contributed by atoms with van der Waals surface area (Å²) in [6.07, 6.45) is 5.67. The van der Waals surface area contributed by atoms with Crippen LogP contribution in [0, 0.1) is 0 Å². The van der Waals surface area contributed by atoms with E-state index in [9.17, 15) is 9.59 Å². The number of rotatable bonds is 6. The van der Waals surface area contributed by atoms with Crippen LogP contribution in [0.15, 0.2) is 59.1 Å². The van der Waals surface area contributed by atoms with Gasteiger partial charge in [-0.1, -0.05) is 25.1 Å². The van der Waals surface area contributed by atoms with Crippen molar-refractivity contribution in [3.8, 4) is 11.3 Å². The number of amides is 2. The number of carbonyl (C=O) groups is 2. The van der Waals surface area contributed by atoms with Crippen molar-refractivity contribution in [1.82, 2.24) is 15.2 Å². The Morgan fingerprint density at radius 1 is 1.24 bits per heavy atom. The van der Waals surface area contributed by atoms with E-state index in [1.807, 2.05) is 42.5 Å². The van der Waals surface area contributed by atoms with Crippen LogP contribution in [0.5, 0.6) is 0 Å². The molecule has 2 aromatic heterocycles. The summed E-state index contributed by atoms with van der Waals surface area (Å²) < 4.78 is 5.93. The number of anilines is 1. The van der Waals surface area contributed by atoms with E-state index in [2.05, 4.69) is 27.4 Å². The van der Waals surface area contributed by atoms with Crippen LogP contribution < -0.4 is 10.6 Å². The summed E-state index contributed by atoms with van der Waals surface area (Å²) in [7, 11) is 0. The number of benzene rings is 1. The second-order valence-corrected chi connectivity index (χ2v) is 8.33. The number of likely N-dealkylation sites (N-methyl/N-ethyl adjacent to an activating group) is 1. The molecular formula is C26H26N4O3. The van der Waals surface area contributed by atoms with Crippen LogP contribution in [0.2, 0.25) is 0 Å². The number of hydrogen-bond donors (Lipinski definition) is 2. The van der Waals surface area contributed by atoms with Crippen LogP contribution in [0.1, 0.15) is 41.6 Å². The Labute approximate surface area is 192 Å². The van der Waals surface area contributed by atoms with Gasteiger partial charge < -0.3 is 15.1 Å². The Morgan fingerprint density at radius 3 is 2.94 bits per heavy atom. The van der Waals surface area contributed by atoms with Crippen molar-refractivity contribution in [2.45, 2.75) is 25.8 Å². The molecule has 2 N–H and O–H groups in total. The van der Waals surface area contributed by atoms with E-state index in [0.717, 1.165) is 36.3 Å². The van der Waals surface area contributed by atoms with Crippen molar-refractivity contribution in [2.24, 2.45) is 0 Å². The van der Waals surface area contributed by atoms with Gasteiger partial charge in [0.25, 0.3) is 11.8 Å². The Balaban J connectivity index is 1.26. The van der Waals surface area contributed by atoms with Crippen LogP contribution in [0.3, 0.4) is 0 Å². The minimum atomic E-state index is -0.166. The maximum Gasteiger partial charge on any atom is 0.269 e. The summed E-state index contributed by atoms with van der Waals surface area (Å²) in [6, 6.07) is 15.2. The molecule has 1 atom stereocenters. The highest BCUT2D eigenvalue weighted by Gasteiger charge is 2.24. The van der Waals surface area contributed by atoms with Gasteiger partial charge in [-0.2, -0.15) is 0 Å². The third-order valence-electron chi connectivity index (χ3n) is 6.31. The SMILES string of the molecule is CCN1CCCC1CNC(=O)c1ccc(-c2ccc(C=C3C(=O)Nc4ccccc43)o2)cn1. The van der Waals surface area contributed by atoms with Crippen LogP contribution in [0.25, 0.3) is 23.0 Å². The molecule has 1 aromatic carbocycles. The molecule has 2 aliphatic rings. The Hall–Kier alpha value is -3.71. The van der Waals surface area contributed by atoms with E-state index in [1.165, 1.54) is 6.42 Å². The standard InChI is InChI=1S/C26H26N4O3/c1-2-30-13-5-6-18(30)16-28-26(32)23-11-9-17(15-27-23)24-12-10-19(33-24)14-21-20-7-3-4-8-22(20)29-25(21)31/h3-4,7-12,14-15,18H,2,5-6,13,16H2,1H3,(H,28,32)(H,29,31). The lowest BCUT2D eigenvalue weighted by Gasteiger charge is -2.22. The number of furan rings is 1. The molecule has 0 spiro atoms. The number of pyridine rings is 1. The normalized spacial score (nSPS) is 19.0. The van der Waals surface area contributed by atoms with E-state index in [-0.39, 0.29) is 11.8 Å². The Morgan fingerprint density at radius 2 is 2.12 bits per heavy atom. The number of likely N-dealkylation sites (tertiary alicyclic amines) is 1. The molecule has 3 aromatic rings. The number of carbonyl (C=O) groups excluding carboxylic acids is 2. The predicted octanol–water partition coefficient (Wildman–Crippen LogP) is 4.05. The van der Waals surface area contributed by atoms with Gasteiger partial charge in [-0.05, 0) is 62.3 Å². The monoisotopic (exact) mass is 442 g/mol. The van der Waals surface area contributed by atoms with Gasteiger partial charge in [0, 0.05) is 35.6 Å². The zero-order valence-electron chi connectivity index (χ0n) is 18.5. The number of hydrogen-bond acceptors (Lipinski definition) is 5. The molecule has 33 heavy (non-hydrogen) atoms. The van der Waals surface area contributed by atoms with E-state index >= 15 is 0 Å². The average Bonchev–Trinajstić information content (AvgIpc) is 3.57. The van der Waals surface area contributed by atoms with Gasteiger partial charge in [-0.15, -0.1) is 0 Å². The first kappa shape index (κ1) is 21.2. The van der Waals surface area contributed by atoms with E-state index in [4.69, 9.17) is 4.42 Å². The molecule has 168 valence electrons. The molecule has 1 saturated heterocycles. The molecule has 0 aliphatic carbocycles. The fourth-order valence-electron chi connectivity index (χ4n) is 4.53. The molecule has 7 nitrogen and oxygen atoms in total. The lowest BCUT2D eigenvalue weighted by Crippen LogP contribution is -2.40. The van der Waals surface area contributed by atoms with Crippen LogP contribution >= 0.6 is 0 Å². The zero-order chi connectivity index (χ0) is 22.8. The smallest absolute Gasteiger partial charge is 0.269 e. The number of fused-ring (bicyclic) bond motifs is 1. The highest BCUT2D eigenvalue weighted by atomic mass is 16.3. The molecule has 7 heteroatoms. The fourth-order valence-corrected chi connectivity index (χ4v) is 4.53. The molecule has 2 amide bonds. The molecular weight excluding hydrogens is 416 g/mol. The van der Waals surface area contributed by atoms with Gasteiger partial charge in [-0.3, -0.25) is 19.5 Å². The largest absolute Gasteiger partial charge is 0.457 e. The highest BCUT2D eigenvalue weighted by Crippen LogP contribution is 2.33. The third kappa shape index (κ3) is 4.32. The van der Waals surface area contributed by atoms with Crippen molar-refractivity contribution in [2.75, 3.05) is 25.0 Å². The van der Waals surface area contributed by atoms with Crippen molar-refractivity contribution in [1.29, 1.82) is 0 Å². The lowest BCUT2D eigenvalue weighted by molar-refractivity contribution is -0.110. The summed E-state index contributed by atoms with van der Waals surface area (Å²) in [6.45, 7) is 4.90. The first-order valence-corrected chi connectivity index (χ1v) is 11.3. The van der Waals surface area contributed by atoms with Gasteiger partial charge in [0.05, 0.1) is 5.57 Å². The van der Waals surface area contributed by atoms with Crippen LogP contribution in [-0.2, 0) is 4.79 Å². The molecule has 4 heterocycles. The van der Waals surface area contributed by atoms with Crippen molar-refractivity contribution in [3.05, 3.63) is 71.7 Å². The number of aromatic nitrogens is 1. The van der Waals surface area contributed by atoms with E-state index in [0.29, 0.717) is 35.4 Å². The molecule has 5 rings (SSSR count). The second-order valence-electron chi connectivity index (χ2n) is 8.33. The molecule has 0 bridgehead atoms. The van der Waals surface area contributed by atoms with Crippen molar-refractivity contribution in [3.63, 3.8) is 0 Å². The summed E-state index contributed by atoms with van der Waals surface area (Å²) >= 11 is 0. The predicted molar refractivity (Wildman–Crippen MR) is 127 cm³/mol. The summed E-state index contributed by atoms with van der Waals surface area (Å²) in [5.41, 5.74) is 3.37. The molecule has 1 unspecified atom stereocenters. The van der Waals surface area contributed by atoms with Gasteiger partial charge in [0.2, 0.25) is 0 Å². The van der Waals surface area contributed by atoms with Crippen molar-refractivity contribution >= 4 is 29.2 Å². The zero-order valence-corrected chi connectivity index (χ0v) is 18.5. The maximum atomic E-state index is 12.5. The number of nitrogens with one attached hydrogen (secondary N) is 2. The first-order valence-electron chi connectivity index (χ1n) is 11.3. The van der Waals surface area contributed by atoms with Crippen LogP contribution in [-0.4, -0.2) is 47.4 Å². The van der Waals surface area contributed by atoms with Gasteiger partial charge in [-0.25, -0.2) is 0 Å². The highest BCUT2D eigenvalue weighted by molar-refractivity contribution is 6.34. The second kappa shape index (κ2) is 9.03. The maximum absolute atomic E-state index is 12.5. The van der Waals surface area contributed by atoms with Crippen molar-refractivity contribution < 1.29 is 14.0 Å². The molecule has 0 radical (unpaired) electrons. The fraction of sp³-hybridized carbons (Fsp3) is 0.269. The van der Waals surface area contributed by atoms with Gasteiger partial charge in [0.15, 0.2) is 0 Å². The summed E-state index contributed by atoms with van der Waals surface area (Å²) in [4.78, 5) is 31.6. The summed E-state index contributed by atoms with van der Waals surface area (Å²) in [5.74, 6) is 0.884. The van der Waals surface area contributed by atoms with E-state index < -0.39 is 0 Å². The molecule has 2 aliphatic heterocycles. The third-order valence-corrected chi connectivity index (χ3v) is 6.31. The number of para-hydroxylation sites is 1. The Kier molecular flexibility index (Phi) is 5.79. The van der Waals surface area contributed by atoms with Crippen LogP contribution in [0.4, 0.5) is 5.69 Å². The quantitative estimate of drug-likeness (QED) is 0.563. The minimum absolute atomic E-state index is 0.147. The lowest BCUT2D eigenvalue weighted by atomic mass is 10.1. The number of nitrogens with zero attached hydrogens (tertiary/aromatic N) is 2. The average molecular weight is 443 g/mol. The Bertz CT molecular complexity index is 1210. The minimum Gasteiger partial charge on any atom is -0.457 e.